The Morgan fingerprint density at radius 1 is 1.05 bits per heavy atom. The minimum Gasteiger partial charge on any atom is -0.466 e. The van der Waals surface area contributed by atoms with Crippen LogP contribution in [0.15, 0.2) is 11.6 Å². The highest BCUT2D eigenvalue weighted by molar-refractivity contribution is 5.88. The molecular formula is C13H12F5NO2. The van der Waals surface area contributed by atoms with Gasteiger partial charge >= 0.3 is 5.97 Å². The summed E-state index contributed by atoms with van der Waals surface area (Å²) in [4.78, 5) is 11.2. The van der Waals surface area contributed by atoms with Gasteiger partial charge in [0.2, 0.25) is 5.82 Å². The molecule has 0 aliphatic carbocycles. The number of carbonyl (C=O) groups is 1. The number of nitrogens with one attached hydrogen (secondary N) is 1. The predicted octanol–water partition coefficient (Wildman–Crippen LogP) is 3.30. The summed E-state index contributed by atoms with van der Waals surface area (Å²) in [5, 5.41) is 2.05. The molecule has 0 aliphatic heterocycles. The highest BCUT2D eigenvalue weighted by Crippen LogP contribution is 2.26. The maximum absolute atomic E-state index is 13.3. The van der Waals surface area contributed by atoms with E-state index in [0.717, 1.165) is 7.11 Å². The second-order valence-corrected chi connectivity index (χ2v) is 3.90. The zero-order valence-electron chi connectivity index (χ0n) is 11.2. The van der Waals surface area contributed by atoms with Crippen LogP contribution >= 0.6 is 0 Å². The first-order chi connectivity index (χ1) is 9.84. The quantitative estimate of drug-likeness (QED) is 0.298. The summed E-state index contributed by atoms with van der Waals surface area (Å²) in [6.45, 7) is 1.33. The van der Waals surface area contributed by atoms with Crippen LogP contribution in [0.25, 0.3) is 0 Å². The maximum atomic E-state index is 13.3. The van der Waals surface area contributed by atoms with Crippen LogP contribution in [0, 0.1) is 29.1 Å². The third-order valence-electron chi connectivity index (χ3n) is 2.67. The fraction of sp³-hybridized carbons (Fsp3) is 0.308. The van der Waals surface area contributed by atoms with Crippen molar-refractivity contribution in [3.05, 3.63) is 40.7 Å². The van der Waals surface area contributed by atoms with E-state index in [4.69, 9.17) is 0 Å². The van der Waals surface area contributed by atoms with Gasteiger partial charge in [-0.2, -0.15) is 0 Å². The van der Waals surface area contributed by atoms with Gasteiger partial charge in [-0.1, -0.05) is 13.0 Å². The van der Waals surface area contributed by atoms with Crippen LogP contribution in [0.3, 0.4) is 0 Å². The summed E-state index contributed by atoms with van der Waals surface area (Å²) >= 11 is 0. The molecule has 0 saturated heterocycles. The molecular weight excluding hydrogens is 297 g/mol. The Morgan fingerprint density at radius 2 is 1.52 bits per heavy atom. The molecule has 0 aliphatic rings. The Balaban J connectivity index is 3.00. The summed E-state index contributed by atoms with van der Waals surface area (Å²) in [6.07, 6.45) is 1.52. The van der Waals surface area contributed by atoms with Crippen molar-refractivity contribution in [3.8, 4) is 0 Å². The predicted molar refractivity (Wildman–Crippen MR) is 65.1 cm³/mol. The number of ether oxygens (including phenoxy) is 1. The lowest BCUT2D eigenvalue weighted by molar-refractivity contribution is -0.136. The molecule has 0 amide bonds. The molecule has 116 valence electrons. The number of hydrogen-bond acceptors (Lipinski definition) is 3. The third-order valence-corrected chi connectivity index (χ3v) is 2.67. The number of esters is 1. The Bertz CT molecular complexity index is 557. The fourth-order valence-electron chi connectivity index (χ4n) is 1.54. The molecule has 1 N–H and O–H groups in total. The van der Waals surface area contributed by atoms with Crippen LogP contribution in [-0.2, 0) is 9.53 Å². The molecule has 0 bridgehead atoms. The van der Waals surface area contributed by atoms with E-state index in [1.807, 2.05) is 0 Å². The van der Waals surface area contributed by atoms with E-state index in [0.29, 0.717) is 0 Å². The highest BCUT2D eigenvalue weighted by Gasteiger charge is 2.25. The molecule has 21 heavy (non-hydrogen) atoms. The van der Waals surface area contributed by atoms with E-state index in [2.05, 4.69) is 10.1 Å². The van der Waals surface area contributed by atoms with Gasteiger partial charge in [0.05, 0.1) is 7.11 Å². The van der Waals surface area contributed by atoms with E-state index < -0.39 is 40.7 Å². The van der Waals surface area contributed by atoms with E-state index in [1.165, 1.54) is 6.08 Å². The number of methoxy groups -OCH3 is 1. The number of benzene rings is 1. The first kappa shape index (κ1) is 16.9. The first-order valence-corrected chi connectivity index (χ1v) is 5.87. The first-order valence-electron chi connectivity index (χ1n) is 5.87. The monoisotopic (exact) mass is 309 g/mol. The lowest BCUT2D eigenvalue weighted by atomic mass is 10.2. The molecule has 1 rings (SSSR count). The maximum Gasteiger partial charge on any atom is 0.333 e. The Hall–Kier alpha value is -2.12. The van der Waals surface area contributed by atoms with Crippen molar-refractivity contribution in [2.75, 3.05) is 19.0 Å². The third kappa shape index (κ3) is 3.50. The van der Waals surface area contributed by atoms with Gasteiger partial charge in [-0.3, -0.25) is 0 Å². The molecule has 0 fully saturated rings. The van der Waals surface area contributed by atoms with Gasteiger partial charge in [-0.05, 0) is 6.42 Å². The van der Waals surface area contributed by atoms with Crippen LogP contribution < -0.4 is 5.32 Å². The van der Waals surface area contributed by atoms with Crippen LogP contribution in [0.4, 0.5) is 27.6 Å². The molecule has 0 atom stereocenters. The molecule has 0 radical (unpaired) electrons. The standard InChI is InChI=1S/C13H12F5NO2/c1-3-6(13(20)21-2)4-5-19-12-10(17)8(15)7(14)9(16)11(12)18/h4,19H,3,5H2,1-2H3. The second kappa shape index (κ2) is 7.05. The van der Waals surface area contributed by atoms with Crippen molar-refractivity contribution < 1.29 is 31.5 Å². The van der Waals surface area contributed by atoms with Gasteiger partial charge in [0.25, 0.3) is 0 Å². The smallest absolute Gasteiger partial charge is 0.333 e. The van der Waals surface area contributed by atoms with E-state index >= 15 is 0 Å². The van der Waals surface area contributed by atoms with Crippen LogP contribution in [0.1, 0.15) is 13.3 Å². The van der Waals surface area contributed by atoms with Gasteiger partial charge in [-0.25, -0.2) is 26.7 Å². The van der Waals surface area contributed by atoms with Gasteiger partial charge in [0.1, 0.15) is 5.69 Å². The summed E-state index contributed by atoms with van der Waals surface area (Å²) < 4.78 is 69.9. The van der Waals surface area contributed by atoms with Crippen molar-refractivity contribution in [1.82, 2.24) is 0 Å². The normalized spacial score (nSPS) is 11.5. The summed E-state index contributed by atoms with van der Waals surface area (Å²) in [6, 6.07) is 0. The topological polar surface area (TPSA) is 38.3 Å². The lowest BCUT2D eigenvalue weighted by Gasteiger charge is -2.10. The van der Waals surface area contributed by atoms with Crippen LogP contribution in [0.5, 0.6) is 0 Å². The van der Waals surface area contributed by atoms with Gasteiger partial charge in [-0.15, -0.1) is 0 Å². The minimum absolute atomic E-state index is 0.203. The van der Waals surface area contributed by atoms with E-state index in [1.54, 1.807) is 6.92 Å². The number of hydrogen-bond donors (Lipinski definition) is 1. The second-order valence-electron chi connectivity index (χ2n) is 3.90. The lowest BCUT2D eigenvalue weighted by Crippen LogP contribution is -2.11. The molecule has 0 heterocycles. The summed E-state index contributed by atoms with van der Waals surface area (Å²) in [5.41, 5.74) is -0.947. The molecule has 0 unspecified atom stereocenters. The SMILES string of the molecule is CCC(=CCNc1c(F)c(F)c(F)c(F)c1F)C(=O)OC. The molecule has 1 aromatic carbocycles. The van der Waals surface area contributed by atoms with Crippen molar-refractivity contribution in [2.45, 2.75) is 13.3 Å². The van der Waals surface area contributed by atoms with Crippen molar-refractivity contribution in [1.29, 1.82) is 0 Å². The van der Waals surface area contributed by atoms with Crippen LogP contribution in [0.2, 0.25) is 0 Å². The van der Waals surface area contributed by atoms with Gasteiger partial charge in [0.15, 0.2) is 23.3 Å². The van der Waals surface area contributed by atoms with Gasteiger partial charge < -0.3 is 10.1 Å². The summed E-state index contributed by atoms with van der Waals surface area (Å²) in [5.74, 6) is -10.9. The molecule has 0 saturated carbocycles. The minimum atomic E-state index is -2.23. The molecule has 3 nitrogen and oxygen atoms in total. The highest BCUT2D eigenvalue weighted by atomic mass is 19.2. The van der Waals surface area contributed by atoms with Crippen molar-refractivity contribution in [3.63, 3.8) is 0 Å². The van der Waals surface area contributed by atoms with Crippen molar-refractivity contribution in [2.24, 2.45) is 0 Å². The fourth-order valence-corrected chi connectivity index (χ4v) is 1.54. The zero-order chi connectivity index (χ0) is 16.2. The molecule has 0 aromatic heterocycles. The summed E-state index contributed by atoms with van der Waals surface area (Å²) in [7, 11) is 1.16. The molecule has 1 aromatic rings. The number of halogens is 5. The average Bonchev–Trinajstić information content (AvgIpc) is 2.49. The Morgan fingerprint density at radius 3 is 1.95 bits per heavy atom. The van der Waals surface area contributed by atoms with E-state index in [-0.39, 0.29) is 18.5 Å². The molecule has 8 heteroatoms. The largest absolute Gasteiger partial charge is 0.466 e. The Kier molecular flexibility index (Phi) is 5.69. The van der Waals surface area contributed by atoms with Crippen molar-refractivity contribution >= 4 is 11.7 Å². The van der Waals surface area contributed by atoms with Gasteiger partial charge in [0, 0.05) is 12.1 Å². The molecule has 0 spiro atoms. The van der Waals surface area contributed by atoms with E-state index in [9.17, 15) is 26.7 Å². The number of anilines is 1. The van der Waals surface area contributed by atoms with Crippen LogP contribution in [-0.4, -0.2) is 19.6 Å². The average molecular weight is 309 g/mol. The number of rotatable bonds is 5. The zero-order valence-corrected chi connectivity index (χ0v) is 11.2. The number of carbonyl (C=O) groups excluding carboxylic acids is 1. The Labute approximate surface area is 117 Å².